The highest BCUT2D eigenvalue weighted by atomic mass is 35.7. The number of aliphatic hydroxyl groups is 1. The van der Waals surface area contributed by atoms with Gasteiger partial charge in [0.25, 0.3) is 0 Å². The van der Waals surface area contributed by atoms with Gasteiger partial charge in [0.15, 0.2) is 11.3 Å². The number of nitrogens with zero attached hydrogens (tertiary/aromatic N) is 1. The van der Waals surface area contributed by atoms with Gasteiger partial charge in [-0.1, -0.05) is 13.8 Å². The predicted octanol–water partition coefficient (Wildman–Crippen LogP) is 4.29. The van der Waals surface area contributed by atoms with Crippen molar-refractivity contribution < 1.29 is 9.29 Å². The molecule has 0 saturated carbocycles. The highest BCUT2D eigenvalue weighted by molar-refractivity contribution is 8.17. The molecule has 1 aromatic heterocycles. The summed E-state index contributed by atoms with van der Waals surface area (Å²) in [6.45, 7) is 6.08. The number of aromatic nitrogens is 1. The van der Waals surface area contributed by atoms with Gasteiger partial charge in [-0.15, -0.1) is 0 Å². The molecule has 1 aromatic carbocycles. The molecule has 0 fully saturated rings. The average molecular weight is 300 g/mol. The van der Waals surface area contributed by atoms with Crippen LogP contribution in [0.15, 0.2) is 24.3 Å². The molecule has 1 heterocycles. The zero-order valence-electron chi connectivity index (χ0n) is 11.3. The van der Waals surface area contributed by atoms with Crippen LogP contribution < -0.4 is 4.18 Å². The minimum atomic E-state index is 0.137. The van der Waals surface area contributed by atoms with E-state index in [1.54, 1.807) is 0 Å². The van der Waals surface area contributed by atoms with E-state index in [0.29, 0.717) is 12.2 Å². The number of halogens is 1. The lowest BCUT2D eigenvalue weighted by atomic mass is 10.1. The monoisotopic (exact) mass is 299 g/mol. The van der Waals surface area contributed by atoms with Crippen molar-refractivity contribution in [1.82, 2.24) is 4.98 Å². The molecule has 5 heteroatoms. The number of aryl methyl sites for hydroxylation is 1. The second kappa shape index (κ2) is 8.25. The molecule has 19 heavy (non-hydrogen) atoms. The van der Waals surface area contributed by atoms with Crippen LogP contribution >= 0.6 is 21.9 Å². The van der Waals surface area contributed by atoms with Crippen molar-refractivity contribution in [2.75, 3.05) is 6.61 Å². The smallest absolute Gasteiger partial charge is 0.166 e. The zero-order valence-corrected chi connectivity index (χ0v) is 12.9. The number of fused-ring (bicyclic) bond motifs is 1. The van der Waals surface area contributed by atoms with Crippen LogP contribution in [-0.2, 0) is 6.42 Å². The van der Waals surface area contributed by atoms with E-state index in [4.69, 9.17) is 20.0 Å². The Morgan fingerprint density at radius 3 is 2.68 bits per heavy atom. The van der Waals surface area contributed by atoms with Gasteiger partial charge in [-0.05, 0) is 37.1 Å². The molecular weight excluding hydrogens is 282 g/mol. The number of hydrogen-bond acceptors (Lipinski definition) is 4. The van der Waals surface area contributed by atoms with Crippen LogP contribution in [0, 0.1) is 6.92 Å². The quantitative estimate of drug-likeness (QED) is 0.855. The van der Waals surface area contributed by atoms with Gasteiger partial charge >= 0.3 is 0 Å². The van der Waals surface area contributed by atoms with Crippen molar-refractivity contribution in [3.63, 3.8) is 0 Å². The standard InChI is InChI=1S/C12H12ClNO2S.C2H6/c1-8-9(4-5-15)6-10-2-3-11(16-17-13)7-12(10)14-8;1-2/h2-3,6-7,15H,4-5H2,1H3;1-2H3. The first-order valence-electron chi connectivity index (χ1n) is 6.21. The molecule has 3 nitrogen and oxygen atoms in total. The molecule has 0 atom stereocenters. The maximum atomic E-state index is 8.97. The summed E-state index contributed by atoms with van der Waals surface area (Å²) in [7, 11) is 5.43. The van der Waals surface area contributed by atoms with E-state index >= 15 is 0 Å². The predicted molar refractivity (Wildman–Crippen MR) is 82.7 cm³/mol. The van der Waals surface area contributed by atoms with E-state index in [0.717, 1.165) is 33.4 Å². The van der Waals surface area contributed by atoms with Crippen molar-refractivity contribution in [3.05, 3.63) is 35.5 Å². The van der Waals surface area contributed by atoms with Gasteiger partial charge in [0.05, 0.1) is 5.52 Å². The van der Waals surface area contributed by atoms with Crippen LogP contribution in [0.1, 0.15) is 25.1 Å². The third-order valence-electron chi connectivity index (χ3n) is 2.59. The van der Waals surface area contributed by atoms with Crippen molar-refractivity contribution in [2.24, 2.45) is 0 Å². The van der Waals surface area contributed by atoms with E-state index in [1.165, 1.54) is 0 Å². The topological polar surface area (TPSA) is 42.4 Å². The van der Waals surface area contributed by atoms with Crippen LogP contribution in [0.25, 0.3) is 10.9 Å². The van der Waals surface area contributed by atoms with Gasteiger partial charge in [-0.2, -0.15) is 0 Å². The lowest BCUT2D eigenvalue weighted by molar-refractivity contribution is 0.299. The van der Waals surface area contributed by atoms with Crippen molar-refractivity contribution >= 4 is 32.8 Å². The van der Waals surface area contributed by atoms with Crippen molar-refractivity contribution in [2.45, 2.75) is 27.2 Å². The van der Waals surface area contributed by atoms with E-state index in [1.807, 2.05) is 45.0 Å². The summed E-state index contributed by atoms with van der Waals surface area (Å²) in [5, 5.41) is 10.00. The summed E-state index contributed by atoms with van der Waals surface area (Å²) in [5.74, 6) is 0.680. The molecule has 0 aliphatic carbocycles. The van der Waals surface area contributed by atoms with Crippen molar-refractivity contribution in [3.8, 4) is 5.75 Å². The Balaban J connectivity index is 0.000000861. The molecule has 2 rings (SSSR count). The van der Waals surface area contributed by atoms with Gasteiger partial charge in [-0.3, -0.25) is 4.98 Å². The molecule has 0 radical (unpaired) electrons. The fourth-order valence-electron chi connectivity index (χ4n) is 1.75. The molecule has 104 valence electrons. The minimum absolute atomic E-state index is 0.137. The lowest BCUT2D eigenvalue weighted by Crippen LogP contribution is -1.97. The summed E-state index contributed by atoms with van der Waals surface area (Å²) in [5.41, 5.74) is 2.87. The van der Waals surface area contributed by atoms with Gasteiger partial charge in [0, 0.05) is 34.4 Å². The van der Waals surface area contributed by atoms with E-state index < -0.39 is 0 Å². The second-order valence-corrected chi connectivity index (χ2v) is 4.38. The number of pyridine rings is 1. The SMILES string of the molecule is CC.Cc1nc2cc(OSCl)ccc2cc1CCO. The summed E-state index contributed by atoms with van der Waals surface area (Å²) in [6, 6.07) is 7.68. The first kappa shape index (κ1) is 16.1. The molecule has 0 saturated heterocycles. The fourth-order valence-corrected chi connectivity index (χ4v) is 2.14. The maximum absolute atomic E-state index is 8.97. The normalized spacial score (nSPS) is 9.95. The first-order valence-corrected chi connectivity index (χ1v) is 7.78. The Morgan fingerprint density at radius 1 is 1.32 bits per heavy atom. The molecule has 0 spiro atoms. The largest absolute Gasteiger partial charge is 0.409 e. The van der Waals surface area contributed by atoms with Crippen LogP contribution in [0.3, 0.4) is 0 Å². The number of benzene rings is 1. The molecule has 2 aromatic rings. The van der Waals surface area contributed by atoms with Gasteiger partial charge in [0.1, 0.15) is 5.75 Å². The Bertz CT molecular complexity index is 534. The highest BCUT2D eigenvalue weighted by Gasteiger charge is 2.04. The molecule has 1 N–H and O–H groups in total. The molecule has 0 amide bonds. The zero-order chi connectivity index (χ0) is 14.3. The van der Waals surface area contributed by atoms with E-state index in [-0.39, 0.29) is 6.61 Å². The highest BCUT2D eigenvalue weighted by Crippen LogP contribution is 2.25. The van der Waals surface area contributed by atoms with Crippen LogP contribution in [0.5, 0.6) is 5.75 Å². The van der Waals surface area contributed by atoms with E-state index in [2.05, 4.69) is 4.98 Å². The Kier molecular flexibility index (Phi) is 6.99. The summed E-state index contributed by atoms with van der Waals surface area (Å²) < 4.78 is 5.13. The maximum Gasteiger partial charge on any atom is 0.166 e. The molecular formula is C14H18ClNO2S. The van der Waals surface area contributed by atoms with Gasteiger partial charge in [0.2, 0.25) is 0 Å². The third kappa shape index (κ3) is 4.27. The molecule has 0 aliphatic heterocycles. The molecule has 0 aliphatic rings. The lowest BCUT2D eigenvalue weighted by Gasteiger charge is -2.07. The Labute approximate surface area is 122 Å². The molecule has 0 bridgehead atoms. The van der Waals surface area contributed by atoms with Crippen LogP contribution in [0.2, 0.25) is 0 Å². The summed E-state index contributed by atoms with van der Waals surface area (Å²) >= 11 is 0.790. The number of rotatable bonds is 4. The first-order chi connectivity index (χ1) is 9.24. The van der Waals surface area contributed by atoms with Gasteiger partial charge in [-0.25, -0.2) is 0 Å². The number of hydrogen-bond donors (Lipinski definition) is 1. The van der Waals surface area contributed by atoms with E-state index in [9.17, 15) is 0 Å². The molecule has 0 unspecified atom stereocenters. The minimum Gasteiger partial charge on any atom is -0.409 e. The van der Waals surface area contributed by atoms with Crippen LogP contribution in [0.4, 0.5) is 0 Å². The fraction of sp³-hybridized carbons (Fsp3) is 0.357. The van der Waals surface area contributed by atoms with Gasteiger partial charge < -0.3 is 9.29 Å². The average Bonchev–Trinajstić information content (AvgIpc) is 2.43. The second-order valence-electron chi connectivity index (χ2n) is 3.71. The summed E-state index contributed by atoms with van der Waals surface area (Å²) in [6.07, 6.45) is 0.630. The Hall–Kier alpha value is -0.970. The third-order valence-corrected chi connectivity index (χ3v) is 3.04. The van der Waals surface area contributed by atoms with Crippen LogP contribution in [-0.4, -0.2) is 16.7 Å². The van der Waals surface area contributed by atoms with Crippen molar-refractivity contribution in [1.29, 1.82) is 0 Å². The number of aliphatic hydroxyl groups excluding tert-OH is 1. The summed E-state index contributed by atoms with van der Waals surface area (Å²) in [4.78, 5) is 4.49. The Morgan fingerprint density at radius 2 is 2.05 bits per heavy atom.